The lowest BCUT2D eigenvalue weighted by atomic mass is 9.93. The van der Waals surface area contributed by atoms with E-state index in [9.17, 15) is 80.6 Å². The van der Waals surface area contributed by atoms with E-state index in [4.69, 9.17) is 26.1 Å². The fourth-order valence-corrected chi connectivity index (χ4v) is 10.2. The summed E-state index contributed by atoms with van der Waals surface area (Å²) in [5, 5.41) is 59.0. The normalized spacial score (nSPS) is 24.7. The Morgan fingerprint density at radius 1 is 0.878 bits per heavy atom. The molecule has 33 heteroatoms. The number of nitrogens with zero attached hydrogens (tertiary/aromatic N) is 1. The molecule has 29 nitrogen and oxygen atoms in total. The third-order valence-electron chi connectivity index (χ3n) is 13.5. The topological polar surface area (TPSA) is 462 Å². The molecule has 2 aromatic rings. The van der Waals surface area contributed by atoms with Crippen molar-refractivity contribution in [3.8, 4) is 5.75 Å². The van der Waals surface area contributed by atoms with Gasteiger partial charge < -0.3 is 89.0 Å². The van der Waals surface area contributed by atoms with Crippen molar-refractivity contribution < 1.29 is 95.3 Å². The van der Waals surface area contributed by atoms with Gasteiger partial charge in [-0.25, -0.2) is 4.79 Å². The molecule has 0 aliphatic carbocycles. The number of nitrogens with one attached hydrogen (secondary N) is 9. The predicted octanol–water partition coefficient (Wildman–Crippen LogP) is -4.98. The van der Waals surface area contributed by atoms with Gasteiger partial charge >= 0.3 is 12.1 Å². The lowest BCUT2D eigenvalue weighted by molar-refractivity contribution is -0.192. The highest BCUT2D eigenvalue weighted by atomic mass is 32.2. The molecule has 11 unspecified atom stereocenters. The number of ether oxygens (including phenoxy) is 1. The van der Waals surface area contributed by atoms with Crippen LogP contribution < -0.4 is 58.7 Å². The first-order valence-corrected chi connectivity index (χ1v) is 27.5. The van der Waals surface area contributed by atoms with Crippen molar-refractivity contribution in [3.63, 3.8) is 0 Å². The number of fused-ring (bicyclic) bond motifs is 5. The molecule has 2 bridgehead atoms. The molecule has 1 aromatic carbocycles. The number of carbonyl (C=O) groups excluding carboxylic acids is 10. The summed E-state index contributed by atoms with van der Waals surface area (Å²) in [5.41, 5.74) is 11.4. The third kappa shape index (κ3) is 19.3. The molecule has 3 aliphatic heterocycles. The Bertz CT molecular complexity index is 2700. The van der Waals surface area contributed by atoms with Crippen molar-refractivity contribution in [2.24, 2.45) is 23.3 Å². The highest BCUT2D eigenvalue weighted by molar-refractivity contribution is 7.85. The summed E-state index contributed by atoms with van der Waals surface area (Å²) < 4.78 is 52.7. The molecule has 11 atom stereocenters. The van der Waals surface area contributed by atoms with Crippen molar-refractivity contribution in [2.75, 3.05) is 51.7 Å². The molecule has 4 heterocycles. The highest BCUT2D eigenvalue weighted by Crippen LogP contribution is 2.31. The van der Waals surface area contributed by atoms with Crippen LogP contribution in [0.2, 0.25) is 0 Å². The lowest BCUT2D eigenvalue weighted by Crippen LogP contribution is -2.62. The van der Waals surface area contributed by atoms with E-state index in [1.807, 2.05) is 0 Å². The summed E-state index contributed by atoms with van der Waals surface area (Å²) in [6.07, 6.45) is -7.42. The smallest absolute Gasteiger partial charge is 0.490 e. The first-order valence-electron chi connectivity index (χ1n) is 26.1. The van der Waals surface area contributed by atoms with Crippen molar-refractivity contribution in [1.29, 1.82) is 0 Å². The molecule has 0 radical (unpaired) electrons. The molecule has 82 heavy (non-hydrogen) atoms. The Morgan fingerprint density at radius 3 is 2.16 bits per heavy atom. The second kappa shape index (κ2) is 31.1. The minimum atomic E-state index is -5.08. The van der Waals surface area contributed by atoms with Crippen molar-refractivity contribution in [1.82, 2.24) is 52.4 Å². The standard InChI is InChI=1S/C47H70N12O15S.C2HF3O2/c1-4-23(2)39-44(70)52-18-37(65)53-32-22-75(73)46-28(27-10-9-26(15-29(27)56-46)74-13-7-5-6-8-36(64)50-12-11-48)16-30(41(67)51-19-38(66)57-39)54-45(71)40(24(3)34(62)21-60)58-43(69)33-14-25(61)20-59(33)47(72)31(17-35(49)63)55-42(32)68;3-2(4,5)1(6)7/h9-10,15,23-25,30-34,39-40,56,60-62H,4-8,11-14,16-22,48H2,1-3H3,(H2,49,63)(H,50,64)(H,51,67)(H,52,70)(H,53,65)(H,54,71)(H,55,68)(H,57,66)(H,58,69);(H,6,7). The molecule has 3 aliphatic rings. The van der Waals surface area contributed by atoms with Crippen LogP contribution in [0.4, 0.5) is 13.2 Å². The number of carbonyl (C=O) groups is 11. The SMILES string of the molecule is CCC(C)C1NC(=O)CNC(=O)C2Cc3c([nH]c4cc(OCCCCCC(=O)NCCN)ccc34)S(=O)CC(NC(=O)CNC1=O)C(=O)NC(CC(N)=O)C(=O)N1CC(O)CC1C(=O)NC(C(C)C(O)CO)C(=O)N2.O=C(O)C(F)(F)F. The van der Waals surface area contributed by atoms with E-state index in [0.29, 0.717) is 56.3 Å². The van der Waals surface area contributed by atoms with E-state index in [1.165, 1.54) is 6.92 Å². The number of aliphatic hydroxyl groups is 3. The van der Waals surface area contributed by atoms with Crippen LogP contribution in [0.15, 0.2) is 23.2 Å². The van der Waals surface area contributed by atoms with Gasteiger partial charge in [0, 0.05) is 56.3 Å². The maximum Gasteiger partial charge on any atom is 0.490 e. The van der Waals surface area contributed by atoms with Crippen molar-refractivity contribution >= 4 is 86.7 Å². The average molecular weight is 1190 g/mol. The van der Waals surface area contributed by atoms with Gasteiger partial charge in [-0.2, -0.15) is 13.2 Å². The second-order valence-electron chi connectivity index (χ2n) is 19.7. The minimum absolute atomic E-state index is 0.117. The number of primary amides is 1. The van der Waals surface area contributed by atoms with Crippen molar-refractivity contribution in [3.05, 3.63) is 23.8 Å². The Morgan fingerprint density at radius 2 is 1.54 bits per heavy atom. The molecule has 1 fully saturated rings. The van der Waals surface area contributed by atoms with Crippen LogP contribution in [0.1, 0.15) is 71.3 Å². The third-order valence-corrected chi connectivity index (χ3v) is 15.0. The number of benzene rings is 1. The number of alkyl halides is 3. The Kier molecular flexibility index (Phi) is 25.4. The molecular formula is C49H71F3N12O17S. The molecule has 0 spiro atoms. The van der Waals surface area contributed by atoms with E-state index in [1.54, 1.807) is 32.0 Å². The van der Waals surface area contributed by atoms with Crippen molar-refractivity contribution in [2.45, 2.75) is 132 Å². The van der Waals surface area contributed by atoms with Gasteiger partial charge in [0.05, 0.1) is 67.0 Å². The fraction of sp³-hybridized carbons (Fsp3) is 0.612. The number of nitrogens with two attached hydrogens (primary N) is 2. The fourth-order valence-electron chi connectivity index (χ4n) is 8.84. The largest absolute Gasteiger partial charge is 0.494 e. The highest BCUT2D eigenvalue weighted by Gasteiger charge is 2.45. The number of aliphatic carboxylic acids is 1. The van der Waals surface area contributed by atoms with Gasteiger partial charge in [0.25, 0.3) is 0 Å². The Hall–Kier alpha value is -7.49. The Balaban J connectivity index is 0.00000193. The molecule has 0 saturated carbocycles. The summed E-state index contributed by atoms with van der Waals surface area (Å²) in [4.78, 5) is 150. The number of unbranched alkanes of at least 4 members (excludes halogenated alkanes) is 2. The lowest BCUT2D eigenvalue weighted by Gasteiger charge is -2.32. The molecular weight excluding hydrogens is 1120 g/mol. The molecule has 5 rings (SSSR count). The number of aliphatic hydroxyl groups excluding tert-OH is 3. The van der Waals surface area contributed by atoms with Gasteiger partial charge in [-0.15, -0.1) is 0 Å². The van der Waals surface area contributed by atoms with Crippen LogP contribution in [0.5, 0.6) is 5.75 Å². The van der Waals surface area contributed by atoms with Gasteiger partial charge in [-0.3, -0.25) is 52.2 Å². The van der Waals surface area contributed by atoms with Gasteiger partial charge in [0.15, 0.2) is 0 Å². The first-order chi connectivity index (χ1) is 38.6. The van der Waals surface area contributed by atoms with E-state index in [0.717, 1.165) is 4.90 Å². The number of hydrogen-bond donors (Lipinski definition) is 15. The number of amides is 10. The summed E-state index contributed by atoms with van der Waals surface area (Å²) >= 11 is 0. The number of aromatic amines is 1. The monoisotopic (exact) mass is 1190 g/mol. The summed E-state index contributed by atoms with van der Waals surface area (Å²) in [5.74, 6) is -14.4. The zero-order valence-corrected chi connectivity index (χ0v) is 45.9. The number of H-pyrrole nitrogens is 1. The van der Waals surface area contributed by atoms with Crippen LogP contribution in [0.25, 0.3) is 10.9 Å². The molecule has 456 valence electrons. The first kappa shape index (κ1) is 67.0. The summed E-state index contributed by atoms with van der Waals surface area (Å²) in [6, 6.07) is -5.28. The van der Waals surface area contributed by atoms with E-state index in [-0.39, 0.29) is 28.6 Å². The van der Waals surface area contributed by atoms with Crippen LogP contribution in [-0.2, 0) is 70.0 Å². The van der Waals surface area contributed by atoms with E-state index >= 15 is 0 Å². The van der Waals surface area contributed by atoms with Gasteiger partial charge in [0.1, 0.15) is 47.0 Å². The molecule has 1 saturated heterocycles. The maximum absolute atomic E-state index is 14.9. The van der Waals surface area contributed by atoms with Crippen LogP contribution in [-0.4, -0.2) is 206 Å². The summed E-state index contributed by atoms with van der Waals surface area (Å²) in [6.45, 7) is 2.68. The number of hydrogen-bond acceptors (Lipinski definition) is 17. The number of rotatable bonds is 16. The molecule has 17 N–H and O–H groups in total. The van der Waals surface area contributed by atoms with Gasteiger partial charge in [-0.05, 0) is 42.9 Å². The quantitative estimate of drug-likeness (QED) is 0.0700. The van der Waals surface area contributed by atoms with E-state index < -0.39 is 188 Å². The molecule has 1 aromatic heterocycles. The average Bonchev–Trinajstić information content (AvgIpc) is 4.00. The van der Waals surface area contributed by atoms with E-state index in [2.05, 4.69) is 47.5 Å². The maximum atomic E-state index is 14.9. The zero-order valence-electron chi connectivity index (χ0n) is 45.1. The Labute approximate surface area is 469 Å². The number of aromatic nitrogens is 1. The second-order valence-corrected chi connectivity index (χ2v) is 21.2. The van der Waals surface area contributed by atoms with Crippen LogP contribution >= 0.6 is 0 Å². The van der Waals surface area contributed by atoms with Crippen LogP contribution in [0, 0.1) is 11.8 Å². The zero-order chi connectivity index (χ0) is 61.2. The summed E-state index contributed by atoms with van der Waals surface area (Å²) in [7, 11) is -2.40. The van der Waals surface area contributed by atoms with Crippen LogP contribution in [0.3, 0.4) is 0 Å². The molecule has 10 amide bonds. The predicted molar refractivity (Wildman–Crippen MR) is 280 cm³/mol. The number of carboxylic acid groups (broad SMARTS) is 1. The number of halogens is 3. The minimum Gasteiger partial charge on any atom is -0.494 e. The van der Waals surface area contributed by atoms with Gasteiger partial charge in [-0.1, -0.05) is 27.2 Å². The number of carboxylic acids is 1. The van der Waals surface area contributed by atoms with Gasteiger partial charge in [0.2, 0.25) is 59.1 Å².